The lowest BCUT2D eigenvalue weighted by Crippen LogP contribution is -2.24. The Balaban J connectivity index is 1.51. The van der Waals surface area contributed by atoms with Gasteiger partial charge in [0.1, 0.15) is 11.5 Å². The van der Waals surface area contributed by atoms with Crippen LogP contribution in [0, 0.1) is 0 Å². The Hall–Kier alpha value is -3.93. The first-order valence-electron chi connectivity index (χ1n) is 8.85. The highest BCUT2D eigenvalue weighted by Gasteiger charge is 2.14. The lowest BCUT2D eigenvalue weighted by atomic mass is 10.1. The van der Waals surface area contributed by atoms with Gasteiger partial charge >= 0.3 is 0 Å². The second-order valence-electron chi connectivity index (χ2n) is 6.03. The summed E-state index contributed by atoms with van der Waals surface area (Å²) in [5.74, 6) is 1.64. The van der Waals surface area contributed by atoms with E-state index in [-0.39, 0.29) is 5.91 Å². The summed E-state index contributed by atoms with van der Waals surface area (Å²) in [5, 5.41) is 7.16. The second kappa shape index (κ2) is 8.18. The van der Waals surface area contributed by atoms with Crippen LogP contribution in [-0.2, 0) is 6.54 Å². The molecule has 6 nitrogen and oxygen atoms in total. The Labute approximate surface area is 162 Å². The van der Waals surface area contributed by atoms with E-state index < -0.39 is 0 Å². The molecule has 0 saturated heterocycles. The fourth-order valence-corrected chi connectivity index (χ4v) is 2.80. The third kappa shape index (κ3) is 3.91. The fourth-order valence-electron chi connectivity index (χ4n) is 2.80. The number of hydrogen-bond donors (Lipinski definition) is 1. The molecule has 0 atom stereocenters. The van der Waals surface area contributed by atoms with E-state index in [4.69, 9.17) is 4.74 Å². The average Bonchev–Trinajstić information content (AvgIpc) is 3.28. The number of aromatic nitrogens is 3. The van der Waals surface area contributed by atoms with Crippen LogP contribution >= 0.6 is 0 Å². The van der Waals surface area contributed by atoms with E-state index in [9.17, 15) is 4.79 Å². The van der Waals surface area contributed by atoms with Crippen LogP contribution in [-0.4, -0.2) is 20.7 Å². The molecule has 0 saturated carbocycles. The van der Waals surface area contributed by atoms with E-state index >= 15 is 0 Å². The van der Waals surface area contributed by atoms with Gasteiger partial charge in [0.05, 0.1) is 5.56 Å². The normalized spacial score (nSPS) is 10.4. The molecule has 6 heteroatoms. The van der Waals surface area contributed by atoms with Crippen LogP contribution in [0.4, 0.5) is 0 Å². The van der Waals surface area contributed by atoms with Gasteiger partial charge in [-0.15, -0.1) is 0 Å². The van der Waals surface area contributed by atoms with Crippen LogP contribution in [0.15, 0.2) is 91.4 Å². The predicted octanol–water partition coefficient (Wildman–Crippen LogP) is 3.99. The molecule has 0 unspecified atom stereocenters. The Kier molecular flexibility index (Phi) is 5.11. The largest absolute Gasteiger partial charge is 0.457 e. The van der Waals surface area contributed by atoms with Gasteiger partial charge in [0, 0.05) is 30.7 Å². The molecule has 4 aromatic rings. The maximum Gasteiger partial charge on any atom is 0.255 e. The van der Waals surface area contributed by atoms with E-state index in [1.165, 1.54) is 0 Å². The lowest BCUT2D eigenvalue weighted by molar-refractivity contribution is 0.0948. The Morgan fingerprint density at radius 2 is 1.75 bits per heavy atom. The summed E-state index contributed by atoms with van der Waals surface area (Å²) in [6.45, 7) is 0.321. The number of nitrogens with zero attached hydrogens (tertiary/aromatic N) is 3. The van der Waals surface area contributed by atoms with Gasteiger partial charge in [-0.1, -0.05) is 36.4 Å². The van der Waals surface area contributed by atoms with Crippen molar-refractivity contribution in [2.45, 2.75) is 6.54 Å². The van der Waals surface area contributed by atoms with Gasteiger partial charge in [-0.05, 0) is 36.4 Å². The highest BCUT2D eigenvalue weighted by Crippen LogP contribution is 2.25. The van der Waals surface area contributed by atoms with Crippen molar-refractivity contribution in [3.63, 3.8) is 0 Å². The van der Waals surface area contributed by atoms with Crippen LogP contribution in [0.25, 0.3) is 5.82 Å². The molecule has 0 bridgehead atoms. The third-order valence-electron chi connectivity index (χ3n) is 4.13. The van der Waals surface area contributed by atoms with Crippen LogP contribution in [0.2, 0.25) is 0 Å². The SMILES string of the molecule is O=C(NCc1cccnc1-n1cccn1)c1ccccc1Oc1ccccc1. The topological polar surface area (TPSA) is 69.0 Å². The van der Waals surface area contributed by atoms with Crippen molar-refractivity contribution in [1.29, 1.82) is 0 Å². The molecule has 4 rings (SSSR count). The molecule has 0 radical (unpaired) electrons. The van der Waals surface area contributed by atoms with E-state index in [2.05, 4.69) is 15.4 Å². The van der Waals surface area contributed by atoms with Gasteiger partial charge in [-0.2, -0.15) is 5.10 Å². The highest BCUT2D eigenvalue weighted by atomic mass is 16.5. The number of benzene rings is 2. The van der Waals surface area contributed by atoms with E-state index in [0.29, 0.717) is 29.4 Å². The monoisotopic (exact) mass is 370 g/mol. The van der Waals surface area contributed by atoms with Crippen molar-refractivity contribution in [3.05, 3.63) is 103 Å². The molecule has 0 aliphatic rings. The highest BCUT2D eigenvalue weighted by molar-refractivity contribution is 5.97. The van der Waals surface area contributed by atoms with Gasteiger partial charge in [-0.3, -0.25) is 4.79 Å². The van der Waals surface area contributed by atoms with E-state index in [1.54, 1.807) is 29.2 Å². The van der Waals surface area contributed by atoms with Gasteiger partial charge < -0.3 is 10.1 Å². The number of hydrogen-bond acceptors (Lipinski definition) is 4. The number of nitrogens with one attached hydrogen (secondary N) is 1. The minimum Gasteiger partial charge on any atom is -0.457 e. The van der Waals surface area contributed by atoms with Crippen LogP contribution < -0.4 is 10.1 Å². The predicted molar refractivity (Wildman–Crippen MR) is 105 cm³/mol. The zero-order valence-electron chi connectivity index (χ0n) is 15.0. The third-order valence-corrected chi connectivity index (χ3v) is 4.13. The number of para-hydroxylation sites is 2. The number of carbonyl (C=O) groups is 1. The molecule has 2 heterocycles. The minimum atomic E-state index is -0.221. The smallest absolute Gasteiger partial charge is 0.255 e. The van der Waals surface area contributed by atoms with Gasteiger partial charge in [0.2, 0.25) is 0 Å². The van der Waals surface area contributed by atoms with E-state index in [1.807, 2.05) is 66.9 Å². The molecule has 2 aromatic carbocycles. The number of pyridine rings is 1. The molecular weight excluding hydrogens is 352 g/mol. The standard InChI is InChI=1S/C22H18N4O2/c27-22(19-11-4-5-12-20(19)28-18-9-2-1-3-10-18)24-16-17-8-6-13-23-21(17)26-15-7-14-25-26/h1-15H,16H2,(H,24,27). The number of carbonyl (C=O) groups excluding carboxylic acids is 1. The number of ether oxygens (including phenoxy) is 1. The Morgan fingerprint density at radius 1 is 0.929 bits per heavy atom. The second-order valence-corrected chi connectivity index (χ2v) is 6.03. The van der Waals surface area contributed by atoms with E-state index in [0.717, 1.165) is 5.56 Å². The first-order valence-corrected chi connectivity index (χ1v) is 8.85. The lowest BCUT2D eigenvalue weighted by Gasteiger charge is -2.12. The quantitative estimate of drug-likeness (QED) is 0.557. The summed E-state index contributed by atoms with van der Waals surface area (Å²) in [7, 11) is 0. The maximum atomic E-state index is 12.8. The minimum absolute atomic E-state index is 0.221. The van der Waals surface area contributed by atoms with Crippen molar-refractivity contribution in [1.82, 2.24) is 20.1 Å². The van der Waals surface area contributed by atoms with Gasteiger partial charge in [-0.25, -0.2) is 9.67 Å². The molecule has 28 heavy (non-hydrogen) atoms. The first-order chi connectivity index (χ1) is 13.8. The van der Waals surface area contributed by atoms with Crippen LogP contribution in [0.5, 0.6) is 11.5 Å². The molecular formula is C22H18N4O2. The molecule has 1 amide bonds. The van der Waals surface area contributed by atoms with Crippen molar-refractivity contribution in [2.75, 3.05) is 0 Å². The average molecular weight is 370 g/mol. The molecule has 0 aliphatic heterocycles. The zero-order valence-corrected chi connectivity index (χ0v) is 15.0. The summed E-state index contributed by atoms with van der Waals surface area (Å²) in [6.07, 6.45) is 5.20. The molecule has 138 valence electrons. The number of rotatable bonds is 6. The van der Waals surface area contributed by atoms with Crippen LogP contribution in [0.3, 0.4) is 0 Å². The first kappa shape index (κ1) is 17.5. The fraction of sp³-hybridized carbons (Fsp3) is 0.0455. The molecule has 1 N–H and O–H groups in total. The molecule has 0 fully saturated rings. The van der Waals surface area contributed by atoms with Crippen molar-refractivity contribution in [2.24, 2.45) is 0 Å². The summed E-state index contributed by atoms with van der Waals surface area (Å²) in [5.41, 5.74) is 1.33. The molecule has 0 aliphatic carbocycles. The maximum absolute atomic E-state index is 12.8. The summed E-state index contributed by atoms with van der Waals surface area (Å²) in [6, 6.07) is 22.1. The Bertz CT molecular complexity index is 1060. The molecule has 0 spiro atoms. The Morgan fingerprint density at radius 3 is 2.57 bits per heavy atom. The van der Waals surface area contributed by atoms with Crippen molar-refractivity contribution < 1.29 is 9.53 Å². The van der Waals surface area contributed by atoms with Gasteiger partial charge in [0.15, 0.2) is 5.82 Å². The summed E-state index contributed by atoms with van der Waals surface area (Å²) in [4.78, 5) is 17.2. The van der Waals surface area contributed by atoms with Crippen molar-refractivity contribution in [3.8, 4) is 17.3 Å². The van der Waals surface area contributed by atoms with Gasteiger partial charge in [0.25, 0.3) is 5.91 Å². The van der Waals surface area contributed by atoms with Crippen molar-refractivity contribution >= 4 is 5.91 Å². The molecule has 2 aromatic heterocycles. The zero-order chi connectivity index (χ0) is 19.2. The van der Waals surface area contributed by atoms with Crippen LogP contribution in [0.1, 0.15) is 15.9 Å². The summed E-state index contributed by atoms with van der Waals surface area (Å²) >= 11 is 0. The summed E-state index contributed by atoms with van der Waals surface area (Å²) < 4.78 is 7.55. The number of amides is 1.